The van der Waals surface area contributed by atoms with Gasteiger partial charge in [0, 0.05) is 12.6 Å². The number of morpholine rings is 1. The summed E-state index contributed by atoms with van der Waals surface area (Å²) in [5.74, 6) is 5.59. The van der Waals surface area contributed by atoms with Gasteiger partial charge in [-0.1, -0.05) is 0 Å². The molecule has 1 heterocycles. The summed E-state index contributed by atoms with van der Waals surface area (Å²) in [5, 5.41) is 10.4. The average Bonchev–Trinajstić information content (AvgIpc) is 1.95. The Kier molecular flexibility index (Phi) is 2.62. The lowest BCUT2D eigenvalue weighted by Gasteiger charge is -2.33. The van der Waals surface area contributed by atoms with Crippen molar-refractivity contribution in [3.05, 3.63) is 0 Å². The summed E-state index contributed by atoms with van der Waals surface area (Å²) in [6.45, 7) is 3.29. The van der Waals surface area contributed by atoms with Crippen molar-refractivity contribution >= 4 is 0 Å². The molecular formula is C6H14N2O2. The fourth-order valence-electron chi connectivity index (χ4n) is 0.949. The van der Waals surface area contributed by atoms with Crippen molar-refractivity contribution < 1.29 is 9.84 Å². The number of nitrogens with two attached hydrogens (primary N) is 1. The van der Waals surface area contributed by atoms with Crippen LogP contribution in [0.1, 0.15) is 6.92 Å². The fraction of sp³-hybridized carbons (Fsp3) is 1.00. The molecule has 1 fully saturated rings. The van der Waals surface area contributed by atoms with Gasteiger partial charge >= 0.3 is 0 Å². The van der Waals surface area contributed by atoms with Crippen LogP contribution in [0.5, 0.6) is 0 Å². The van der Waals surface area contributed by atoms with Gasteiger partial charge in [-0.05, 0) is 6.92 Å². The Morgan fingerprint density at radius 2 is 2.50 bits per heavy atom. The van der Waals surface area contributed by atoms with Crippen LogP contribution in [0.3, 0.4) is 0 Å². The van der Waals surface area contributed by atoms with Crippen molar-refractivity contribution in [3.63, 3.8) is 0 Å². The minimum Gasteiger partial charge on any atom is -0.394 e. The van der Waals surface area contributed by atoms with Gasteiger partial charge in [0.05, 0.1) is 19.3 Å². The molecule has 0 radical (unpaired) electrons. The van der Waals surface area contributed by atoms with Crippen LogP contribution in [0.15, 0.2) is 0 Å². The summed E-state index contributed by atoms with van der Waals surface area (Å²) in [4.78, 5) is 0. The summed E-state index contributed by atoms with van der Waals surface area (Å²) in [6, 6.07) is 0.266. The van der Waals surface area contributed by atoms with E-state index in [4.69, 9.17) is 15.7 Å². The highest BCUT2D eigenvalue weighted by Gasteiger charge is 2.22. The summed E-state index contributed by atoms with van der Waals surface area (Å²) in [5.41, 5.74) is 0. The predicted octanol–water partition coefficient (Wildman–Crippen LogP) is -1.06. The monoisotopic (exact) mass is 146 g/mol. The number of hydrogen-bond donors (Lipinski definition) is 2. The molecule has 0 aromatic rings. The highest BCUT2D eigenvalue weighted by Crippen LogP contribution is 2.06. The molecule has 1 aliphatic rings. The second-order valence-corrected chi connectivity index (χ2v) is 2.68. The molecule has 0 spiro atoms. The third-order valence-electron chi connectivity index (χ3n) is 1.76. The molecular weight excluding hydrogens is 132 g/mol. The van der Waals surface area contributed by atoms with Crippen LogP contribution in [0.2, 0.25) is 0 Å². The van der Waals surface area contributed by atoms with Crippen molar-refractivity contribution in [3.8, 4) is 0 Å². The molecule has 3 N–H and O–H groups in total. The molecule has 4 heteroatoms. The molecule has 1 aliphatic heterocycles. The number of aliphatic hydroxyl groups excluding tert-OH is 1. The third kappa shape index (κ3) is 1.67. The van der Waals surface area contributed by atoms with Crippen LogP contribution < -0.4 is 5.84 Å². The van der Waals surface area contributed by atoms with Crippen LogP contribution in [-0.4, -0.2) is 42.0 Å². The molecule has 4 nitrogen and oxygen atoms in total. The lowest BCUT2D eigenvalue weighted by atomic mass is 10.2. The van der Waals surface area contributed by atoms with E-state index in [0.717, 1.165) is 0 Å². The Labute approximate surface area is 60.5 Å². The molecule has 0 amide bonds. The molecule has 0 saturated carbocycles. The quantitative estimate of drug-likeness (QED) is 0.463. The maximum absolute atomic E-state index is 8.69. The second kappa shape index (κ2) is 3.30. The van der Waals surface area contributed by atoms with Crippen molar-refractivity contribution in [2.24, 2.45) is 5.84 Å². The molecule has 0 bridgehead atoms. The molecule has 1 rings (SSSR count). The zero-order valence-corrected chi connectivity index (χ0v) is 6.16. The maximum atomic E-state index is 8.69. The zero-order chi connectivity index (χ0) is 7.56. The fourth-order valence-corrected chi connectivity index (χ4v) is 0.949. The van der Waals surface area contributed by atoms with Crippen molar-refractivity contribution in [1.29, 1.82) is 0 Å². The standard InChI is InChI=1S/C6H14N2O2/c1-5-4-10-6(3-9)2-8(5)7/h5-6,9H,2-4,7H2,1H3. The second-order valence-electron chi connectivity index (χ2n) is 2.68. The van der Waals surface area contributed by atoms with Crippen LogP contribution in [0, 0.1) is 0 Å². The van der Waals surface area contributed by atoms with E-state index >= 15 is 0 Å². The Hall–Kier alpha value is -0.160. The number of hydrogen-bond acceptors (Lipinski definition) is 4. The predicted molar refractivity (Wildman–Crippen MR) is 37.2 cm³/mol. The SMILES string of the molecule is CC1COC(CO)CN1N. The topological polar surface area (TPSA) is 58.7 Å². The van der Waals surface area contributed by atoms with Crippen LogP contribution >= 0.6 is 0 Å². The first-order valence-electron chi connectivity index (χ1n) is 3.48. The first-order valence-corrected chi connectivity index (χ1v) is 3.48. The van der Waals surface area contributed by atoms with Crippen LogP contribution in [0.4, 0.5) is 0 Å². The lowest BCUT2D eigenvalue weighted by molar-refractivity contribution is -0.0783. The maximum Gasteiger partial charge on any atom is 0.0947 e. The summed E-state index contributed by atoms with van der Waals surface area (Å²) < 4.78 is 5.24. The normalized spacial score (nSPS) is 36.3. The van der Waals surface area contributed by atoms with E-state index in [0.29, 0.717) is 13.2 Å². The average molecular weight is 146 g/mol. The van der Waals surface area contributed by atoms with Gasteiger partial charge in [-0.25, -0.2) is 5.01 Å². The lowest BCUT2D eigenvalue weighted by Crippen LogP contribution is -2.52. The van der Waals surface area contributed by atoms with E-state index in [9.17, 15) is 0 Å². The van der Waals surface area contributed by atoms with E-state index in [1.165, 1.54) is 0 Å². The largest absolute Gasteiger partial charge is 0.394 e. The van der Waals surface area contributed by atoms with Gasteiger partial charge in [0.2, 0.25) is 0 Å². The van der Waals surface area contributed by atoms with E-state index in [1.54, 1.807) is 5.01 Å². The molecule has 0 aliphatic carbocycles. The Morgan fingerprint density at radius 3 is 3.00 bits per heavy atom. The Morgan fingerprint density at radius 1 is 1.80 bits per heavy atom. The van der Waals surface area contributed by atoms with Crippen LogP contribution in [-0.2, 0) is 4.74 Å². The van der Waals surface area contributed by atoms with Gasteiger partial charge in [-0.2, -0.15) is 0 Å². The molecule has 10 heavy (non-hydrogen) atoms. The third-order valence-corrected chi connectivity index (χ3v) is 1.76. The first-order chi connectivity index (χ1) is 4.74. The van der Waals surface area contributed by atoms with Crippen molar-refractivity contribution in [2.75, 3.05) is 19.8 Å². The number of aliphatic hydroxyl groups is 1. The van der Waals surface area contributed by atoms with Gasteiger partial charge in [0.25, 0.3) is 0 Å². The van der Waals surface area contributed by atoms with E-state index < -0.39 is 0 Å². The molecule has 1 saturated heterocycles. The first kappa shape index (κ1) is 7.94. The van der Waals surface area contributed by atoms with Crippen LogP contribution in [0.25, 0.3) is 0 Å². The number of rotatable bonds is 1. The number of hydrazine groups is 1. The Bertz CT molecular complexity index is 110. The minimum absolute atomic E-state index is 0.0560. The molecule has 60 valence electrons. The molecule has 0 aromatic carbocycles. The van der Waals surface area contributed by atoms with Gasteiger partial charge < -0.3 is 9.84 Å². The van der Waals surface area contributed by atoms with E-state index in [1.807, 2.05) is 6.92 Å². The molecule has 0 aromatic heterocycles. The highest BCUT2D eigenvalue weighted by atomic mass is 16.5. The van der Waals surface area contributed by atoms with E-state index in [2.05, 4.69) is 0 Å². The van der Waals surface area contributed by atoms with E-state index in [-0.39, 0.29) is 18.8 Å². The van der Waals surface area contributed by atoms with Gasteiger partial charge in [0.15, 0.2) is 0 Å². The zero-order valence-electron chi connectivity index (χ0n) is 6.16. The minimum atomic E-state index is -0.0961. The molecule has 2 atom stereocenters. The summed E-state index contributed by atoms with van der Waals surface area (Å²) >= 11 is 0. The van der Waals surface area contributed by atoms with Crippen molar-refractivity contribution in [2.45, 2.75) is 19.1 Å². The van der Waals surface area contributed by atoms with Gasteiger partial charge in [0.1, 0.15) is 0 Å². The molecule has 2 unspecified atom stereocenters. The summed E-state index contributed by atoms with van der Waals surface area (Å²) in [6.07, 6.45) is -0.0961. The highest BCUT2D eigenvalue weighted by molar-refractivity contribution is 4.72. The van der Waals surface area contributed by atoms with Crippen molar-refractivity contribution in [1.82, 2.24) is 5.01 Å². The number of nitrogens with zero attached hydrogens (tertiary/aromatic N) is 1. The van der Waals surface area contributed by atoms with Gasteiger partial charge in [-0.3, -0.25) is 5.84 Å². The van der Waals surface area contributed by atoms with Gasteiger partial charge in [-0.15, -0.1) is 0 Å². The summed E-state index contributed by atoms with van der Waals surface area (Å²) in [7, 11) is 0. The number of ether oxygens (including phenoxy) is 1. The smallest absolute Gasteiger partial charge is 0.0947 e. The Balaban J connectivity index is 2.33.